The first-order valence-electron chi connectivity index (χ1n) is 7.69. The van der Waals surface area contributed by atoms with Gasteiger partial charge in [0, 0.05) is 6.54 Å². The Labute approximate surface area is 141 Å². The molecule has 2 unspecified atom stereocenters. The van der Waals surface area contributed by atoms with Crippen molar-refractivity contribution >= 4 is 5.91 Å². The molecule has 124 valence electrons. The lowest BCUT2D eigenvalue weighted by Gasteiger charge is -2.18. The molecule has 0 aromatic heterocycles. The summed E-state index contributed by atoms with van der Waals surface area (Å²) in [6.07, 6.45) is -1.47. The van der Waals surface area contributed by atoms with E-state index in [1.165, 1.54) is 0 Å². The molecular formula is C19H20N2O3. The fraction of sp³-hybridized carbons (Fsp3) is 0.263. The minimum absolute atomic E-state index is 0.116. The molecule has 0 aliphatic carbocycles. The summed E-state index contributed by atoms with van der Waals surface area (Å²) in [5, 5.41) is 21.6. The molecule has 2 aromatic carbocycles. The van der Waals surface area contributed by atoms with Gasteiger partial charge in [0.15, 0.2) is 6.10 Å². The van der Waals surface area contributed by atoms with E-state index in [0.29, 0.717) is 11.3 Å². The van der Waals surface area contributed by atoms with Gasteiger partial charge >= 0.3 is 0 Å². The van der Waals surface area contributed by atoms with Gasteiger partial charge in [0.2, 0.25) is 0 Å². The molecule has 0 fully saturated rings. The predicted molar refractivity (Wildman–Crippen MR) is 90.4 cm³/mol. The summed E-state index contributed by atoms with van der Waals surface area (Å²) in [4.78, 5) is 12.1. The molecule has 5 heteroatoms. The first-order valence-corrected chi connectivity index (χ1v) is 7.69. The molecule has 1 amide bonds. The summed E-state index contributed by atoms with van der Waals surface area (Å²) in [6, 6.07) is 16.1. The van der Waals surface area contributed by atoms with Crippen molar-refractivity contribution in [3.8, 4) is 11.8 Å². The van der Waals surface area contributed by atoms with Crippen LogP contribution in [0.1, 0.15) is 29.7 Å². The Morgan fingerprint density at radius 2 is 1.92 bits per heavy atom. The number of hydrogen-bond acceptors (Lipinski definition) is 4. The molecule has 0 aliphatic heterocycles. The predicted octanol–water partition coefficient (Wildman–Crippen LogP) is 2.48. The van der Waals surface area contributed by atoms with Crippen LogP contribution in [0.25, 0.3) is 0 Å². The van der Waals surface area contributed by atoms with Crippen LogP contribution in [0.15, 0.2) is 48.5 Å². The maximum Gasteiger partial charge on any atom is 0.260 e. The SMILES string of the molecule is Cc1ccccc1C(O)CNC(=O)C(C)Oc1ccc(C#N)cc1. The number of aliphatic hydroxyl groups excluding tert-OH is 1. The van der Waals surface area contributed by atoms with Crippen molar-refractivity contribution in [2.24, 2.45) is 0 Å². The third-order valence-corrected chi connectivity index (χ3v) is 3.68. The van der Waals surface area contributed by atoms with Gasteiger partial charge in [0.1, 0.15) is 5.75 Å². The van der Waals surface area contributed by atoms with E-state index >= 15 is 0 Å². The van der Waals surface area contributed by atoms with Crippen molar-refractivity contribution in [1.29, 1.82) is 5.26 Å². The molecule has 0 spiro atoms. The second kappa shape index (κ2) is 8.14. The molecule has 2 rings (SSSR count). The van der Waals surface area contributed by atoms with E-state index in [1.54, 1.807) is 31.2 Å². The van der Waals surface area contributed by atoms with Gasteiger partial charge in [-0.05, 0) is 49.2 Å². The molecule has 0 aliphatic rings. The number of carbonyl (C=O) groups is 1. The van der Waals surface area contributed by atoms with E-state index < -0.39 is 12.2 Å². The van der Waals surface area contributed by atoms with E-state index in [2.05, 4.69) is 5.32 Å². The van der Waals surface area contributed by atoms with Crippen molar-refractivity contribution in [1.82, 2.24) is 5.32 Å². The Kier molecular flexibility index (Phi) is 5.94. The number of carbonyl (C=O) groups excluding carboxylic acids is 1. The summed E-state index contributed by atoms with van der Waals surface area (Å²) < 4.78 is 5.53. The van der Waals surface area contributed by atoms with E-state index in [-0.39, 0.29) is 12.5 Å². The number of nitriles is 1. The highest BCUT2D eigenvalue weighted by atomic mass is 16.5. The van der Waals surface area contributed by atoms with E-state index in [1.807, 2.05) is 37.3 Å². The van der Waals surface area contributed by atoms with Crippen molar-refractivity contribution in [3.63, 3.8) is 0 Å². The van der Waals surface area contributed by atoms with Gasteiger partial charge < -0.3 is 15.2 Å². The van der Waals surface area contributed by atoms with E-state index in [9.17, 15) is 9.90 Å². The zero-order valence-electron chi connectivity index (χ0n) is 13.7. The van der Waals surface area contributed by atoms with Crippen molar-refractivity contribution < 1.29 is 14.6 Å². The summed E-state index contributed by atoms with van der Waals surface area (Å²) in [6.45, 7) is 3.66. The van der Waals surface area contributed by atoms with Gasteiger partial charge in [-0.3, -0.25) is 4.79 Å². The standard InChI is InChI=1S/C19H20N2O3/c1-13-5-3-4-6-17(13)18(22)12-21-19(23)14(2)24-16-9-7-15(11-20)8-10-16/h3-10,14,18,22H,12H2,1-2H3,(H,21,23). The summed E-state index contributed by atoms with van der Waals surface area (Å²) in [5.74, 6) is 0.197. The molecule has 0 heterocycles. The minimum atomic E-state index is -0.766. The fourth-order valence-corrected chi connectivity index (χ4v) is 2.28. The van der Waals surface area contributed by atoms with Crippen LogP contribution in [0.4, 0.5) is 0 Å². The highest BCUT2D eigenvalue weighted by Crippen LogP contribution is 2.17. The smallest absolute Gasteiger partial charge is 0.260 e. The number of ether oxygens (including phenoxy) is 1. The van der Waals surface area contributed by atoms with Gasteiger partial charge in [0.05, 0.1) is 17.7 Å². The van der Waals surface area contributed by atoms with Crippen LogP contribution in [0, 0.1) is 18.3 Å². The van der Waals surface area contributed by atoms with Gasteiger partial charge in [0.25, 0.3) is 5.91 Å². The zero-order chi connectivity index (χ0) is 17.5. The number of rotatable bonds is 6. The number of amides is 1. The second-order valence-electron chi connectivity index (χ2n) is 5.51. The number of hydrogen-bond donors (Lipinski definition) is 2. The summed E-state index contributed by atoms with van der Waals surface area (Å²) >= 11 is 0. The molecule has 0 radical (unpaired) electrons. The van der Waals surface area contributed by atoms with Crippen molar-refractivity contribution in [3.05, 3.63) is 65.2 Å². The molecule has 5 nitrogen and oxygen atoms in total. The summed E-state index contributed by atoms with van der Waals surface area (Å²) in [5.41, 5.74) is 2.29. The van der Waals surface area contributed by atoms with Crippen molar-refractivity contribution in [2.45, 2.75) is 26.1 Å². The minimum Gasteiger partial charge on any atom is -0.481 e. The van der Waals surface area contributed by atoms with Crippen LogP contribution < -0.4 is 10.1 Å². The number of aliphatic hydroxyl groups is 1. The first kappa shape index (κ1) is 17.5. The first-order chi connectivity index (χ1) is 11.5. The average Bonchev–Trinajstić information content (AvgIpc) is 2.60. The zero-order valence-corrected chi connectivity index (χ0v) is 13.7. The lowest BCUT2D eigenvalue weighted by atomic mass is 10.0. The third-order valence-electron chi connectivity index (χ3n) is 3.68. The maximum atomic E-state index is 12.1. The Hall–Kier alpha value is -2.84. The Bertz CT molecular complexity index is 735. The van der Waals surface area contributed by atoms with Gasteiger partial charge in [-0.15, -0.1) is 0 Å². The molecule has 0 bridgehead atoms. The monoisotopic (exact) mass is 324 g/mol. The molecule has 0 saturated heterocycles. The number of aryl methyl sites for hydroxylation is 1. The van der Waals surface area contributed by atoms with Gasteiger partial charge in [-0.1, -0.05) is 24.3 Å². The van der Waals surface area contributed by atoms with E-state index in [4.69, 9.17) is 10.00 Å². The highest BCUT2D eigenvalue weighted by Gasteiger charge is 2.17. The number of benzene rings is 2. The lowest BCUT2D eigenvalue weighted by Crippen LogP contribution is -2.38. The van der Waals surface area contributed by atoms with Crippen molar-refractivity contribution in [2.75, 3.05) is 6.54 Å². The number of nitrogens with one attached hydrogen (secondary N) is 1. The molecule has 24 heavy (non-hydrogen) atoms. The Balaban J connectivity index is 1.87. The van der Waals surface area contributed by atoms with E-state index in [0.717, 1.165) is 11.1 Å². The molecular weight excluding hydrogens is 304 g/mol. The molecule has 0 saturated carbocycles. The Morgan fingerprint density at radius 3 is 2.54 bits per heavy atom. The van der Waals surface area contributed by atoms with Gasteiger partial charge in [-0.25, -0.2) is 0 Å². The quantitative estimate of drug-likeness (QED) is 0.855. The van der Waals surface area contributed by atoms with Crippen LogP contribution in [0.2, 0.25) is 0 Å². The molecule has 2 atom stereocenters. The maximum absolute atomic E-state index is 12.1. The fourth-order valence-electron chi connectivity index (χ4n) is 2.28. The Morgan fingerprint density at radius 1 is 1.25 bits per heavy atom. The largest absolute Gasteiger partial charge is 0.481 e. The summed E-state index contributed by atoms with van der Waals surface area (Å²) in [7, 11) is 0. The third kappa shape index (κ3) is 4.58. The highest BCUT2D eigenvalue weighted by molar-refractivity contribution is 5.80. The topological polar surface area (TPSA) is 82.3 Å². The second-order valence-corrected chi connectivity index (χ2v) is 5.51. The van der Waals surface area contributed by atoms with Crippen LogP contribution in [-0.4, -0.2) is 23.7 Å². The number of nitrogens with zero attached hydrogens (tertiary/aromatic N) is 1. The van der Waals surface area contributed by atoms with Crippen LogP contribution in [-0.2, 0) is 4.79 Å². The average molecular weight is 324 g/mol. The van der Waals surface area contributed by atoms with Gasteiger partial charge in [-0.2, -0.15) is 5.26 Å². The molecule has 2 aromatic rings. The van der Waals surface area contributed by atoms with Crippen LogP contribution >= 0.6 is 0 Å². The molecule has 2 N–H and O–H groups in total. The normalized spacial score (nSPS) is 12.8. The van der Waals surface area contributed by atoms with Crippen LogP contribution in [0.3, 0.4) is 0 Å². The lowest BCUT2D eigenvalue weighted by molar-refractivity contribution is -0.127. The van der Waals surface area contributed by atoms with Crippen LogP contribution in [0.5, 0.6) is 5.75 Å².